The molecule has 0 unspecified atom stereocenters. The van der Waals surface area contributed by atoms with E-state index in [1.165, 1.54) is 0 Å². The highest BCUT2D eigenvalue weighted by Gasteiger charge is 2.34. The van der Waals surface area contributed by atoms with Crippen molar-refractivity contribution >= 4 is 11.9 Å². The molecule has 2 aliphatic rings. The van der Waals surface area contributed by atoms with Crippen molar-refractivity contribution in [1.29, 1.82) is 0 Å². The third-order valence-electron chi connectivity index (χ3n) is 2.33. The Morgan fingerprint density at radius 2 is 2.07 bits per heavy atom. The minimum Gasteiger partial charge on any atom is -0.392 e. The van der Waals surface area contributed by atoms with E-state index >= 15 is 0 Å². The molecule has 2 N–H and O–H groups in total. The monoisotopic (exact) mass is 199 g/mol. The summed E-state index contributed by atoms with van der Waals surface area (Å²) in [6.07, 6.45) is 0.142. The summed E-state index contributed by atoms with van der Waals surface area (Å²) in [7, 11) is 0. The van der Waals surface area contributed by atoms with Crippen molar-refractivity contribution in [3.8, 4) is 0 Å². The van der Waals surface area contributed by atoms with Crippen molar-refractivity contribution in [2.75, 3.05) is 26.2 Å². The fourth-order valence-corrected chi connectivity index (χ4v) is 1.59. The molecule has 1 atom stereocenters. The van der Waals surface area contributed by atoms with Crippen molar-refractivity contribution in [3.05, 3.63) is 0 Å². The number of hydrogen-bond donors (Lipinski definition) is 2. The van der Waals surface area contributed by atoms with Crippen LogP contribution < -0.4 is 10.7 Å². The number of hydrazine groups is 1. The van der Waals surface area contributed by atoms with Crippen molar-refractivity contribution in [2.45, 2.75) is 12.5 Å². The highest BCUT2D eigenvalue weighted by atomic mass is 16.6. The molecule has 0 aliphatic carbocycles. The van der Waals surface area contributed by atoms with Crippen LogP contribution in [0.15, 0.2) is 0 Å². The van der Waals surface area contributed by atoms with Gasteiger partial charge in [-0.2, -0.15) is 0 Å². The lowest BCUT2D eigenvalue weighted by Crippen LogP contribution is -2.54. The molecule has 0 amide bonds. The Labute approximate surface area is 81.5 Å². The predicted molar refractivity (Wildman–Crippen MR) is 47.1 cm³/mol. The first-order valence-corrected chi connectivity index (χ1v) is 4.72. The second-order valence-corrected chi connectivity index (χ2v) is 3.42. The molecule has 0 bridgehead atoms. The largest absolute Gasteiger partial charge is 0.392 e. The molecule has 0 aromatic rings. The molecule has 6 heteroatoms. The number of rotatable bonds is 2. The Bertz CT molecular complexity index is 250. The lowest BCUT2D eigenvalue weighted by atomic mass is 10.2. The van der Waals surface area contributed by atoms with Crippen molar-refractivity contribution in [1.82, 2.24) is 15.8 Å². The summed E-state index contributed by atoms with van der Waals surface area (Å²) in [5.41, 5.74) is 3.00. The quantitative estimate of drug-likeness (QED) is 0.405. The highest BCUT2D eigenvalue weighted by Crippen LogP contribution is 2.08. The maximum atomic E-state index is 11.1. The summed E-state index contributed by atoms with van der Waals surface area (Å²) in [5.74, 6) is -0.906. The van der Waals surface area contributed by atoms with Crippen LogP contribution in [-0.2, 0) is 14.3 Å². The Kier molecular flexibility index (Phi) is 2.76. The van der Waals surface area contributed by atoms with Gasteiger partial charge in [0.2, 0.25) is 0 Å². The van der Waals surface area contributed by atoms with Crippen LogP contribution in [0.1, 0.15) is 6.42 Å². The summed E-state index contributed by atoms with van der Waals surface area (Å²) in [4.78, 5) is 21.9. The zero-order valence-electron chi connectivity index (χ0n) is 7.78. The lowest BCUT2D eigenvalue weighted by molar-refractivity contribution is -0.152. The molecule has 2 rings (SSSR count). The number of carbonyl (C=O) groups excluding carboxylic acids is 2. The predicted octanol–water partition coefficient (Wildman–Crippen LogP) is -1.76. The van der Waals surface area contributed by atoms with Crippen LogP contribution in [0.3, 0.4) is 0 Å². The summed E-state index contributed by atoms with van der Waals surface area (Å²) in [6.45, 7) is 3.45. The number of nitrogens with one attached hydrogen (secondary N) is 2. The van der Waals surface area contributed by atoms with Gasteiger partial charge in [0, 0.05) is 26.2 Å². The average molecular weight is 199 g/mol. The molecule has 0 aromatic heterocycles. The van der Waals surface area contributed by atoms with E-state index in [9.17, 15) is 9.59 Å². The molecule has 2 saturated heterocycles. The van der Waals surface area contributed by atoms with Gasteiger partial charge in [0.25, 0.3) is 0 Å². The van der Waals surface area contributed by atoms with E-state index in [2.05, 4.69) is 15.5 Å². The smallest absolute Gasteiger partial charge is 0.332 e. The van der Waals surface area contributed by atoms with E-state index in [4.69, 9.17) is 0 Å². The summed E-state index contributed by atoms with van der Waals surface area (Å²) in [5, 5.41) is 5.14. The van der Waals surface area contributed by atoms with Crippen molar-refractivity contribution < 1.29 is 14.3 Å². The first-order valence-electron chi connectivity index (χ1n) is 4.72. The molecule has 0 spiro atoms. The molecule has 2 heterocycles. The third-order valence-corrected chi connectivity index (χ3v) is 2.33. The molecule has 2 fully saturated rings. The van der Waals surface area contributed by atoms with Gasteiger partial charge in [-0.3, -0.25) is 4.79 Å². The molecule has 2 aliphatic heterocycles. The summed E-state index contributed by atoms with van der Waals surface area (Å²) >= 11 is 0. The first kappa shape index (κ1) is 9.57. The van der Waals surface area contributed by atoms with Gasteiger partial charge < -0.3 is 10.1 Å². The van der Waals surface area contributed by atoms with E-state index in [1.54, 1.807) is 0 Å². The van der Waals surface area contributed by atoms with E-state index < -0.39 is 18.0 Å². The van der Waals surface area contributed by atoms with E-state index in [1.807, 2.05) is 5.01 Å². The Balaban J connectivity index is 1.84. The number of esters is 2. The molecule has 0 saturated carbocycles. The Morgan fingerprint density at radius 3 is 2.64 bits per heavy atom. The van der Waals surface area contributed by atoms with E-state index in [0.29, 0.717) is 0 Å². The standard InChI is InChI=1S/C8H13N3O3/c12-7-5-6(8(13)14-7)10-11-3-1-9-2-4-11/h6,9-10H,1-5H2/t6-/m0/s1. The van der Waals surface area contributed by atoms with Crippen LogP contribution in [0.25, 0.3) is 0 Å². The number of nitrogens with zero attached hydrogens (tertiary/aromatic N) is 1. The van der Waals surface area contributed by atoms with Crippen LogP contribution in [0, 0.1) is 0 Å². The van der Waals surface area contributed by atoms with Gasteiger partial charge in [-0.1, -0.05) is 0 Å². The number of carbonyl (C=O) groups is 2. The van der Waals surface area contributed by atoms with Crippen molar-refractivity contribution in [2.24, 2.45) is 0 Å². The summed E-state index contributed by atoms with van der Waals surface area (Å²) in [6, 6.07) is -0.486. The average Bonchev–Trinajstić information content (AvgIpc) is 2.47. The second kappa shape index (κ2) is 4.04. The molecule has 78 valence electrons. The third kappa shape index (κ3) is 2.09. The zero-order valence-corrected chi connectivity index (χ0v) is 7.78. The molecule has 0 aromatic carbocycles. The van der Waals surface area contributed by atoms with Crippen LogP contribution in [0.5, 0.6) is 0 Å². The normalized spacial score (nSPS) is 29.3. The molecule has 6 nitrogen and oxygen atoms in total. The minimum absolute atomic E-state index is 0.142. The van der Waals surface area contributed by atoms with Gasteiger partial charge in [-0.25, -0.2) is 15.2 Å². The molecular formula is C8H13N3O3. The van der Waals surface area contributed by atoms with Crippen LogP contribution in [0.2, 0.25) is 0 Å². The number of hydrogen-bond acceptors (Lipinski definition) is 6. The fourth-order valence-electron chi connectivity index (χ4n) is 1.59. The van der Waals surface area contributed by atoms with Crippen LogP contribution in [-0.4, -0.2) is 49.2 Å². The van der Waals surface area contributed by atoms with Gasteiger partial charge >= 0.3 is 11.9 Å². The minimum atomic E-state index is -0.486. The number of piperazine rings is 1. The van der Waals surface area contributed by atoms with Crippen LogP contribution in [0.4, 0.5) is 0 Å². The lowest BCUT2D eigenvalue weighted by Gasteiger charge is -2.29. The SMILES string of the molecule is O=C1C[C@H](NN2CCNCC2)C(=O)O1. The molecular weight excluding hydrogens is 186 g/mol. The van der Waals surface area contributed by atoms with E-state index in [0.717, 1.165) is 26.2 Å². The summed E-state index contributed by atoms with van der Waals surface area (Å²) < 4.78 is 4.43. The molecule has 14 heavy (non-hydrogen) atoms. The van der Waals surface area contributed by atoms with Gasteiger partial charge in [0.1, 0.15) is 6.04 Å². The highest BCUT2D eigenvalue weighted by molar-refractivity contribution is 5.96. The van der Waals surface area contributed by atoms with Gasteiger partial charge in [0.15, 0.2) is 0 Å². The second-order valence-electron chi connectivity index (χ2n) is 3.42. The number of cyclic esters (lactones) is 2. The van der Waals surface area contributed by atoms with Gasteiger partial charge in [-0.15, -0.1) is 0 Å². The Morgan fingerprint density at radius 1 is 1.36 bits per heavy atom. The van der Waals surface area contributed by atoms with Gasteiger partial charge in [-0.05, 0) is 0 Å². The van der Waals surface area contributed by atoms with Crippen LogP contribution >= 0.6 is 0 Å². The first-order chi connectivity index (χ1) is 6.75. The zero-order chi connectivity index (χ0) is 9.97. The molecule has 0 radical (unpaired) electrons. The van der Waals surface area contributed by atoms with Crippen molar-refractivity contribution in [3.63, 3.8) is 0 Å². The maximum absolute atomic E-state index is 11.1. The topological polar surface area (TPSA) is 70.7 Å². The Hall–Kier alpha value is -0.980. The fraction of sp³-hybridized carbons (Fsp3) is 0.750. The van der Waals surface area contributed by atoms with Gasteiger partial charge in [0.05, 0.1) is 6.42 Å². The maximum Gasteiger partial charge on any atom is 0.332 e. The van der Waals surface area contributed by atoms with E-state index in [-0.39, 0.29) is 6.42 Å². The number of ether oxygens (including phenoxy) is 1.